The highest BCUT2D eigenvalue weighted by atomic mass is 35.5. The number of benzene rings is 1. The number of hydrogen-bond donors (Lipinski definition) is 3. The number of nitrogens with zero attached hydrogens (tertiary/aromatic N) is 7. The first-order valence-corrected chi connectivity index (χ1v) is 12.3. The Morgan fingerprint density at radius 3 is 2.25 bits per heavy atom. The van der Waals surface area contributed by atoms with Gasteiger partial charge in [-0.15, -0.1) is 15.3 Å². The van der Waals surface area contributed by atoms with Crippen molar-refractivity contribution >= 4 is 5.84 Å². The van der Waals surface area contributed by atoms with Crippen molar-refractivity contribution in [2.45, 2.75) is 26.4 Å². The normalized spacial score (nSPS) is 11.2. The SMILES string of the molecule is CC[n+]1ccccc1O.OCCn1ccccc1=NN=C(N=NCCc1cccc[n+]1O)c1ccccc1.[Cl-].[Cl-]. The van der Waals surface area contributed by atoms with Crippen LogP contribution in [-0.2, 0) is 19.5 Å². The van der Waals surface area contributed by atoms with Crippen molar-refractivity contribution in [1.82, 2.24) is 4.57 Å². The molecule has 0 aliphatic carbocycles. The lowest BCUT2D eigenvalue weighted by atomic mass is 10.2. The second kappa shape index (κ2) is 19.0. The Hall–Kier alpha value is -4.12. The molecule has 0 radical (unpaired) electrons. The summed E-state index contributed by atoms with van der Waals surface area (Å²) < 4.78 is 4.64. The van der Waals surface area contributed by atoms with E-state index in [1.54, 1.807) is 27.5 Å². The van der Waals surface area contributed by atoms with Gasteiger partial charge < -0.3 is 39.6 Å². The molecule has 0 bridgehead atoms. The summed E-state index contributed by atoms with van der Waals surface area (Å²) in [5, 5.41) is 45.1. The van der Waals surface area contributed by atoms with E-state index in [0.29, 0.717) is 36.7 Å². The number of aliphatic hydroxyl groups is 1. The van der Waals surface area contributed by atoms with Crippen LogP contribution in [0.15, 0.2) is 124 Å². The van der Waals surface area contributed by atoms with Crippen LogP contribution in [0.1, 0.15) is 18.2 Å². The van der Waals surface area contributed by atoms with Crippen molar-refractivity contribution in [3.05, 3.63) is 120 Å². The molecule has 0 saturated heterocycles. The molecule has 12 heteroatoms. The fraction of sp³-hybridized carbons (Fsp3) is 0.214. The number of pyridine rings is 3. The molecule has 212 valence electrons. The van der Waals surface area contributed by atoms with Crippen LogP contribution in [0.5, 0.6) is 5.88 Å². The van der Waals surface area contributed by atoms with E-state index < -0.39 is 0 Å². The maximum absolute atomic E-state index is 9.76. The van der Waals surface area contributed by atoms with Crippen LogP contribution in [0.25, 0.3) is 0 Å². The minimum absolute atomic E-state index is 0. The third kappa shape index (κ3) is 10.9. The van der Waals surface area contributed by atoms with Crippen LogP contribution >= 0.6 is 0 Å². The molecule has 3 heterocycles. The maximum Gasteiger partial charge on any atom is 0.365 e. The summed E-state index contributed by atoms with van der Waals surface area (Å²) in [6.45, 7) is 3.63. The van der Waals surface area contributed by atoms with E-state index >= 15 is 0 Å². The third-order valence-electron chi connectivity index (χ3n) is 5.35. The molecular weight excluding hydrogens is 553 g/mol. The van der Waals surface area contributed by atoms with Crippen LogP contribution in [-0.4, -0.2) is 39.0 Å². The standard InChI is InChI=1S/C21H23N6O2.C7H9NO.2ClH/c28-17-16-26-14-6-5-11-20(26)23-25-21(18-8-2-1-3-9-18)24-22-13-12-19-10-4-7-15-27(19)29;1-2-8-6-4-3-5-7(8)9;;/h1-11,14-15,28-29H,12-13,16-17H2;3-6H,2H2,1H3;2*1H/q+1;;;/p-1. The van der Waals surface area contributed by atoms with Crippen LogP contribution in [0, 0.1) is 0 Å². The fourth-order valence-electron chi connectivity index (χ4n) is 3.36. The Bertz CT molecular complexity index is 1410. The summed E-state index contributed by atoms with van der Waals surface area (Å²) in [6, 6.07) is 25.8. The number of hydrogen-bond acceptors (Lipinski definition) is 6. The van der Waals surface area contributed by atoms with Gasteiger partial charge >= 0.3 is 5.88 Å². The lowest BCUT2D eigenvalue weighted by Crippen LogP contribution is -3.00. The topological polar surface area (TPSA) is 123 Å². The molecule has 0 atom stereocenters. The van der Waals surface area contributed by atoms with Gasteiger partial charge in [-0.05, 0) is 31.2 Å². The molecule has 10 nitrogen and oxygen atoms in total. The van der Waals surface area contributed by atoms with Gasteiger partial charge in [-0.25, -0.2) is 0 Å². The number of halogens is 2. The molecule has 0 fully saturated rings. The van der Waals surface area contributed by atoms with Crippen LogP contribution in [0.2, 0.25) is 0 Å². The molecule has 40 heavy (non-hydrogen) atoms. The summed E-state index contributed by atoms with van der Waals surface area (Å²) in [5.74, 6) is 0.704. The number of aromatic nitrogens is 3. The number of aliphatic hydroxyl groups excluding tert-OH is 1. The van der Waals surface area contributed by atoms with Gasteiger partial charge in [0.2, 0.25) is 17.7 Å². The lowest BCUT2D eigenvalue weighted by molar-refractivity contribution is -0.909. The number of aromatic hydroxyl groups is 1. The van der Waals surface area contributed by atoms with Gasteiger partial charge in [0.1, 0.15) is 6.54 Å². The van der Waals surface area contributed by atoms with Crippen molar-refractivity contribution in [1.29, 1.82) is 0 Å². The molecule has 0 aliphatic heterocycles. The van der Waals surface area contributed by atoms with E-state index in [0.717, 1.165) is 22.5 Å². The van der Waals surface area contributed by atoms with E-state index in [-0.39, 0.29) is 31.4 Å². The van der Waals surface area contributed by atoms with Crippen molar-refractivity contribution in [2.24, 2.45) is 20.4 Å². The lowest BCUT2D eigenvalue weighted by Gasteiger charge is -2.03. The van der Waals surface area contributed by atoms with Gasteiger partial charge in [0, 0.05) is 41.2 Å². The molecule has 3 aromatic heterocycles. The largest absolute Gasteiger partial charge is 1.00 e. The smallest absolute Gasteiger partial charge is 0.365 e. The predicted molar refractivity (Wildman–Crippen MR) is 141 cm³/mol. The van der Waals surface area contributed by atoms with Crippen LogP contribution in [0.4, 0.5) is 0 Å². The van der Waals surface area contributed by atoms with E-state index in [2.05, 4.69) is 20.4 Å². The Morgan fingerprint density at radius 1 is 0.875 bits per heavy atom. The van der Waals surface area contributed by atoms with Crippen molar-refractivity contribution in [3.8, 4) is 5.88 Å². The molecule has 0 amide bonds. The molecule has 1 aromatic carbocycles. The molecule has 0 spiro atoms. The summed E-state index contributed by atoms with van der Waals surface area (Å²) in [6.07, 6.45) is 5.78. The molecule has 3 N–H and O–H groups in total. The molecule has 4 aromatic rings. The van der Waals surface area contributed by atoms with E-state index in [1.807, 2.05) is 92.1 Å². The van der Waals surface area contributed by atoms with Gasteiger partial charge in [-0.2, -0.15) is 9.68 Å². The van der Waals surface area contributed by atoms with Crippen molar-refractivity contribution in [3.63, 3.8) is 0 Å². The summed E-state index contributed by atoms with van der Waals surface area (Å²) >= 11 is 0. The Balaban J connectivity index is 0.000000622. The average Bonchev–Trinajstić information content (AvgIpc) is 2.95. The zero-order chi connectivity index (χ0) is 27.0. The second-order valence-corrected chi connectivity index (χ2v) is 7.96. The number of azo groups is 1. The zero-order valence-electron chi connectivity index (χ0n) is 22.1. The number of rotatable bonds is 8. The molecule has 4 rings (SSSR count). The second-order valence-electron chi connectivity index (χ2n) is 7.96. The van der Waals surface area contributed by atoms with Gasteiger partial charge in [0.05, 0.1) is 25.6 Å². The van der Waals surface area contributed by atoms with E-state index in [4.69, 9.17) is 5.11 Å². The van der Waals surface area contributed by atoms with Crippen molar-refractivity contribution in [2.75, 3.05) is 13.2 Å². The Labute approximate surface area is 245 Å². The van der Waals surface area contributed by atoms with Crippen LogP contribution in [0.3, 0.4) is 0 Å². The van der Waals surface area contributed by atoms with Gasteiger partial charge in [0.15, 0.2) is 11.7 Å². The molecular formula is C28H33Cl2N7O3. The molecule has 0 unspecified atom stereocenters. The molecule has 0 aliphatic rings. The van der Waals surface area contributed by atoms with Gasteiger partial charge in [-0.3, -0.25) is 5.21 Å². The first kappa shape index (κ1) is 33.9. The average molecular weight is 587 g/mol. The highest BCUT2D eigenvalue weighted by Gasteiger charge is 2.07. The maximum atomic E-state index is 9.76. The monoisotopic (exact) mass is 585 g/mol. The minimum Gasteiger partial charge on any atom is -1.00 e. The highest BCUT2D eigenvalue weighted by molar-refractivity contribution is 5.98. The first-order chi connectivity index (χ1) is 18.6. The van der Waals surface area contributed by atoms with Crippen LogP contribution < -0.4 is 39.6 Å². The van der Waals surface area contributed by atoms with E-state index in [9.17, 15) is 10.3 Å². The summed E-state index contributed by atoms with van der Waals surface area (Å²) in [4.78, 5) is 0. The van der Waals surface area contributed by atoms with Crippen molar-refractivity contribution < 1.29 is 49.5 Å². The minimum atomic E-state index is 0. The van der Waals surface area contributed by atoms with Gasteiger partial charge in [0.25, 0.3) is 0 Å². The third-order valence-corrected chi connectivity index (χ3v) is 5.35. The first-order valence-electron chi connectivity index (χ1n) is 12.3. The van der Waals surface area contributed by atoms with Gasteiger partial charge in [-0.1, -0.05) is 36.4 Å². The fourth-order valence-corrected chi connectivity index (χ4v) is 3.36. The Kier molecular flexibility index (Phi) is 16.1. The number of aryl methyl sites for hydroxylation is 1. The highest BCUT2D eigenvalue weighted by Crippen LogP contribution is 2.04. The Morgan fingerprint density at radius 2 is 1.57 bits per heavy atom. The van der Waals surface area contributed by atoms with E-state index in [1.165, 1.54) is 0 Å². The predicted octanol–water partition coefficient (Wildman–Crippen LogP) is -3.33. The zero-order valence-corrected chi connectivity index (χ0v) is 23.6. The quantitative estimate of drug-likeness (QED) is 0.0500. The molecule has 0 saturated carbocycles. The summed E-state index contributed by atoms with van der Waals surface area (Å²) in [7, 11) is 0. The summed E-state index contributed by atoms with van der Waals surface area (Å²) in [5.41, 5.74) is 2.14. The number of amidine groups is 1.